The molecular weight excluding hydrogens is 575 g/mol. The lowest BCUT2D eigenvalue weighted by Gasteiger charge is -2.37. The van der Waals surface area contributed by atoms with Gasteiger partial charge in [0.2, 0.25) is 0 Å². The van der Waals surface area contributed by atoms with Gasteiger partial charge in [-0.1, -0.05) is 17.7 Å². The van der Waals surface area contributed by atoms with Crippen LogP contribution in [0.2, 0.25) is 5.02 Å². The summed E-state index contributed by atoms with van der Waals surface area (Å²) in [4.78, 5) is 39.7. The smallest absolute Gasteiger partial charge is 0.367 e. The van der Waals surface area contributed by atoms with Crippen molar-refractivity contribution >= 4 is 34.8 Å². The SMILES string of the molecule is O=C(NCc1ccc(C(=O)Nc2ccc(Cl)cc2N2CCN(CCC(F)(F)F)CC2)c(F)c1F)c1ccc(=O)[nH]n1. The Morgan fingerprint density at radius 2 is 1.71 bits per heavy atom. The van der Waals surface area contributed by atoms with E-state index in [4.69, 9.17) is 11.6 Å². The molecule has 218 valence electrons. The van der Waals surface area contributed by atoms with Crippen LogP contribution in [0.25, 0.3) is 0 Å². The number of H-pyrrole nitrogens is 1. The Labute approximate surface area is 235 Å². The van der Waals surface area contributed by atoms with E-state index in [2.05, 4.69) is 20.8 Å². The monoisotopic (exact) mass is 598 g/mol. The van der Waals surface area contributed by atoms with Crippen LogP contribution in [0.3, 0.4) is 0 Å². The number of benzene rings is 2. The Hall–Kier alpha value is -4.04. The number of aromatic amines is 1. The third-order valence-electron chi connectivity index (χ3n) is 6.39. The number of nitrogens with zero attached hydrogens (tertiary/aromatic N) is 3. The van der Waals surface area contributed by atoms with E-state index in [1.54, 1.807) is 11.0 Å². The number of hydrogen-bond acceptors (Lipinski definition) is 6. The quantitative estimate of drug-likeness (QED) is 0.339. The van der Waals surface area contributed by atoms with Crippen molar-refractivity contribution in [2.24, 2.45) is 0 Å². The van der Waals surface area contributed by atoms with Gasteiger partial charge in [-0.15, -0.1) is 0 Å². The van der Waals surface area contributed by atoms with Crippen LogP contribution < -0.4 is 21.1 Å². The number of carbonyl (C=O) groups excluding carboxylic acids is 2. The molecule has 0 radical (unpaired) electrons. The first-order valence-electron chi connectivity index (χ1n) is 12.4. The molecule has 2 aromatic carbocycles. The number of rotatable bonds is 8. The van der Waals surface area contributed by atoms with Crippen LogP contribution >= 0.6 is 11.6 Å². The van der Waals surface area contributed by atoms with E-state index in [0.717, 1.165) is 24.3 Å². The molecule has 9 nitrogen and oxygen atoms in total. The third-order valence-corrected chi connectivity index (χ3v) is 6.63. The summed E-state index contributed by atoms with van der Waals surface area (Å²) in [6.07, 6.45) is -5.16. The van der Waals surface area contributed by atoms with E-state index in [0.29, 0.717) is 36.9 Å². The number of alkyl halides is 3. The van der Waals surface area contributed by atoms with Gasteiger partial charge in [-0.05, 0) is 30.3 Å². The fourth-order valence-electron chi connectivity index (χ4n) is 4.20. The molecule has 0 aliphatic carbocycles. The highest BCUT2D eigenvalue weighted by atomic mass is 35.5. The van der Waals surface area contributed by atoms with Crippen molar-refractivity contribution in [3.8, 4) is 0 Å². The summed E-state index contributed by atoms with van der Waals surface area (Å²) < 4.78 is 67.4. The Balaban J connectivity index is 1.42. The largest absolute Gasteiger partial charge is 0.390 e. The number of anilines is 2. The molecule has 4 rings (SSSR count). The Kier molecular flexibility index (Phi) is 9.23. The van der Waals surface area contributed by atoms with Crippen LogP contribution in [0.4, 0.5) is 33.3 Å². The number of hydrogen-bond donors (Lipinski definition) is 3. The second-order valence-electron chi connectivity index (χ2n) is 9.20. The van der Waals surface area contributed by atoms with E-state index in [-0.39, 0.29) is 23.5 Å². The minimum Gasteiger partial charge on any atom is -0.367 e. The van der Waals surface area contributed by atoms with Crippen molar-refractivity contribution in [3.63, 3.8) is 0 Å². The summed E-state index contributed by atoms with van der Waals surface area (Å²) in [5, 5.41) is 10.9. The molecule has 2 heterocycles. The molecule has 15 heteroatoms. The Morgan fingerprint density at radius 3 is 2.37 bits per heavy atom. The first kappa shape index (κ1) is 29.9. The van der Waals surface area contributed by atoms with Crippen LogP contribution in [0.5, 0.6) is 0 Å². The fourth-order valence-corrected chi connectivity index (χ4v) is 4.36. The van der Waals surface area contributed by atoms with Crippen molar-refractivity contribution in [1.29, 1.82) is 0 Å². The summed E-state index contributed by atoms with van der Waals surface area (Å²) in [6.45, 7) is 0.891. The van der Waals surface area contributed by atoms with Crippen molar-refractivity contribution in [1.82, 2.24) is 20.4 Å². The zero-order valence-electron chi connectivity index (χ0n) is 21.3. The number of carbonyl (C=O) groups is 2. The van der Waals surface area contributed by atoms with Gasteiger partial charge >= 0.3 is 6.18 Å². The van der Waals surface area contributed by atoms with E-state index < -0.39 is 53.7 Å². The maximum Gasteiger partial charge on any atom is 0.390 e. The molecule has 41 heavy (non-hydrogen) atoms. The minimum absolute atomic E-state index is 0.120. The number of nitrogens with one attached hydrogen (secondary N) is 3. The normalized spacial score (nSPS) is 14.1. The lowest BCUT2D eigenvalue weighted by molar-refractivity contribution is -0.138. The molecule has 1 aliphatic heterocycles. The average Bonchev–Trinajstić information content (AvgIpc) is 2.93. The highest BCUT2D eigenvalue weighted by Crippen LogP contribution is 2.31. The van der Waals surface area contributed by atoms with E-state index in [1.165, 1.54) is 12.1 Å². The standard InChI is InChI=1S/C26H24ClF5N6O3/c27-16-2-4-18(20(13-16)38-11-9-37(10-12-38)8-7-26(30,31)32)34-24(40)17-3-1-15(22(28)23(17)29)14-33-25(41)19-5-6-21(39)36-35-19/h1-6,13H,7-12,14H2,(H,33,41)(H,34,40)(H,36,39). The lowest BCUT2D eigenvalue weighted by Crippen LogP contribution is -2.47. The molecule has 3 aromatic rings. The topological polar surface area (TPSA) is 110 Å². The predicted molar refractivity (Wildman–Crippen MR) is 141 cm³/mol. The molecule has 1 aromatic heterocycles. The van der Waals surface area contributed by atoms with Crippen LogP contribution in [0, 0.1) is 11.6 Å². The zero-order valence-corrected chi connectivity index (χ0v) is 22.1. The summed E-state index contributed by atoms with van der Waals surface area (Å²) >= 11 is 6.15. The predicted octanol–water partition coefficient (Wildman–Crippen LogP) is 3.96. The third kappa shape index (κ3) is 7.79. The number of amides is 2. The van der Waals surface area contributed by atoms with Gasteiger partial charge < -0.3 is 15.5 Å². The van der Waals surface area contributed by atoms with Gasteiger partial charge in [-0.2, -0.15) is 18.3 Å². The molecule has 0 atom stereocenters. The van der Waals surface area contributed by atoms with Gasteiger partial charge in [0.15, 0.2) is 11.6 Å². The molecule has 0 unspecified atom stereocenters. The van der Waals surface area contributed by atoms with Crippen LogP contribution in [-0.4, -0.2) is 65.8 Å². The van der Waals surface area contributed by atoms with E-state index in [1.807, 2.05) is 4.90 Å². The van der Waals surface area contributed by atoms with Gasteiger partial charge in [0, 0.05) is 55.9 Å². The van der Waals surface area contributed by atoms with Crippen molar-refractivity contribution < 1.29 is 31.5 Å². The molecule has 3 N–H and O–H groups in total. The van der Waals surface area contributed by atoms with Gasteiger partial charge in [0.25, 0.3) is 17.4 Å². The number of piperazine rings is 1. The Bertz CT molecular complexity index is 1470. The number of halogens is 6. The maximum absolute atomic E-state index is 14.9. The van der Waals surface area contributed by atoms with Crippen molar-refractivity contribution in [2.45, 2.75) is 19.1 Å². The summed E-state index contributed by atoms with van der Waals surface area (Å²) in [6, 6.07) is 9.04. The van der Waals surface area contributed by atoms with Crippen LogP contribution in [0.15, 0.2) is 47.3 Å². The Morgan fingerprint density at radius 1 is 0.976 bits per heavy atom. The van der Waals surface area contributed by atoms with Crippen LogP contribution in [0.1, 0.15) is 32.8 Å². The summed E-state index contributed by atoms with van der Waals surface area (Å²) in [5.41, 5.74) is -0.727. The van der Waals surface area contributed by atoms with Gasteiger partial charge in [-0.3, -0.25) is 19.3 Å². The first-order valence-corrected chi connectivity index (χ1v) is 12.7. The molecule has 1 saturated heterocycles. The molecule has 1 aliphatic rings. The van der Waals surface area contributed by atoms with Crippen LogP contribution in [-0.2, 0) is 6.54 Å². The molecule has 1 fully saturated rings. The fraction of sp³-hybridized carbons (Fsp3) is 0.308. The zero-order chi connectivity index (χ0) is 29.7. The van der Waals surface area contributed by atoms with E-state index >= 15 is 0 Å². The average molecular weight is 599 g/mol. The molecule has 0 bridgehead atoms. The second-order valence-corrected chi connectivity index (χ2v) is 9.64. The summed E-state index contributed by atoms with van der Waals surface area (Å²) in [5.74, 6) is -4.44. The van der Waals surface area contributed by atoms with Crippen molar-refractivity contribution in [3.05, 3.63) is 86.3 Å². The highest BCUT2D eigenvalue weighted by molar-refractivity contribution is 6.31. The van der Waals surface area contributed by atoms with Gasteiger partial charge in [-0.25, -0.2) is 13.9 Å². The molecular formula is C26H24ClF5N6O3. The van der Waals surface area contributed by atoms with Gasteiger partial charge in [0.05, 0.1) is 23.4 Å². The van der Waals surface area contributed by atoms with Gasteiger partial charge in [0.1, 0.15) is 5.69 Å². The second kappa shape index (κ2) is 12.6. The highest BCUT2D eigenvalue weighted by Gasteiger charge is 2.29. The molecule has 0 spiro atoms. The van der Waals surface area contributed by atoms with E-state index in [9.17, 15) is 36.3 Å². The maximum atomic E-state index is 14.9. The molecule has 2 amide bonds. The first-order chi connectivity index (χ1) is 19.4. The van der Waals surface area contributed by atoms with Crippen molar-refractivity contribution in [2.75, 3.05) is 42.9 Å². The molecule has 0 saturated carbocycles. The minimum atomic E-state index is -4.25. The summed E-state index contributed by atoms with van der Waals surface area (Å²) in [7, 11) is 0. The number of aromatic nitrogens is 2. The lowest BCUT2D eigenvalue weighted by atomic mass is 10.1.